The van der Waals surface area contributed by atoms with E-state index in [9.17, 15) is 0 Å². The summed E-state index contributed by atoms with van der Waals surface area (Å²) in [6.07, 6.45) is 0.935. The van der Waals surface area contributed by atoms with Gasteiger partial charge in [-0.05, 0) is 73.0 Å². The summed E-state index contributed by atoms with van der Waals surface area (Å²) in [5, 5.41) is 12.2. The predicted molar refractivity (Wildman–Crippen MR) is 104 cm³/mol. The molecule has 0 aliphatic heterocycles. The first-order valence-corrected chi connectivity index (χ1v) is 8.97. The van der Waals surface area contributed by atoms with E-state index in [0.29, 0.717) is 10.1 Å². The van der Waals surface area contributed by atoms with E-state index < -0.39 is 0 Å². The van der Waals surface area contributed by atoms with E-state index in [-0.39, 0.29) is 0 Å². The van der Waals surface area contributed by atoms with Crippen molar-refractivity contribution in [3.8, 4) is 0 Å². The standard InChI is InChI=1S/C16H20BrClN4S/c1-10-5-6-13(18)9-14(10)20-16(23)19-7-4-8-22-12(3)15(17)11(2)21-22/h5-6,9H,4,7-8H2,1-3H3,(H2,19,20,23). The number of hydrogen-bond acceptors (Lipinski definition) is 2. The number of nitrogens with one attached hydrogen (secondary N) is 2. The van der Waals surface area contributed by atoms with E-state index >= 15 is 0 Å². The second kappa shape index (κ2) is 8.13. The maximum Gasteiger partial charge on any atom is 0.170 e. The fourth-order valence-corrected chi connectivity index (χ4v) is 2.89. The fourth-order valence-electron chi connectivity index (χ4n) is 2.22. The van der Waals surface area contributed by atoms with Crippen molar-refractivity contribution in [3.63, 3.8) is 0 Å². The minimum Gasteiger partial charge on any atom is -0.362 e. The highest BCUT2D eigenvalue weighted by molar-refractivity contribution is 9.10. The van der Waals surface area contributed by atoms with Crippen LogP contribution in [0.3, 0.4) is 0 Å². The topological polar surface area (TPSA) is 41.9 Å². The molecular weight excluding hydrogens is 396 g/mol. The van der Waals surface area contributed by atoms with E-state index in [1.807, 2.05) is 36.7 Å². The zero-order chi connectivity index (χ0) is 17.0. The number of halogens is 2. The summed E-state index contributed by atoms with van der Waals surface area (Å²) in [5.41, 5.74) is 4.20. The average molecular weight is 416 g/mol. The summed E-state index contributed by atoms with van der Waals surface area (Å²) in [5.74, 6) is 0. The van der Waals surface area contributed by atoms with Crippen molar-refractivity contribution in [2.24, 2.45) is 0 Å². The highest BCUT2D eigenvalue weighted by Crippen LogP contribution is 2.20. The molecule has 1 heterocycles. The van der Waals surface area contributed by atoms with Gasteiger partial charge < -0.3 is 10.6 Å². The molecule has 0 unspecified atom stereocenters. The minimum absolute atomic E-state index is 0.602. The molecule has 0 bridgehead atoms. The molecule has 0 aliphatic carbocycles. The summed E-state index contributed by atoms with van der Waals surface area (Å²) in [7, 11) is 0. The average Bonchev–Trinajstić information content (AvgIpc) is 2.75. The van der Waals surface area contributed by atoms with Gasteiger partial charge in [0.05, 0.1) is 10.2 Å². The Morgan fingerprint density at radius 2 is 2.09 bits per heavy atom. The Morgan fingerprint density at radius 3 is 2.74 bits per heavy atom. The van der Waals surface area contributed by atoms with E-state index in [4.69, 9.17) is 23.8 Å². The van der Waals surface area contributed by atoms with Crippen LogP contribution in [0.1, 0.15) is 23.4 Å². The largest absolute Gasteiger partial charge is 0.362 e. The SMILES string of the molecule is Cc1ccc(Cl)cc1NC(=S)NCCCn1nc(C)c(Br)c1C. The Morgan fingerprint density at radius 1 is 1.35 bits per heavy atom. The molecular formula is C16H20BrClN4S. The van der Waals surface area contributed by atoms with Crippen molar-refractivity contribution >= 4 is 50.5 Å². The summed E-state index contributed by atoms with van der Waals surface area (Å²) >= 11 is 14.9. The van der Waals surface area contributed by atoms with Gasteiger partial charge >= 0.3 is 0 Å². The summed E-state index contributed by atoms with van der Waals surface area (Å²) in [6.45, 7) is 7.71. The molecule has 2 rings (SSSR count). The molecule has 7 heteroatoms. The van der Waals surface area contributed by atoms with Gasteiger partial charge in [0.25, 0.3) is 0 Å². The fraction of sp³-hybridized carbons (Fsp3) is 0.375. The molecule has 1 aromatic heterocycles. The van der Waals surface area contributed by atoms with Gasteiger partial charge in [0, 0.05) is 29.5 Å². The van der Waals surface area contributed by atoms with Crippen LogP contribution in [-0.2, 0) is 6.54 Å². The summed E-state index contributed by atoms with van der Waals surface area (Å²) < 4.78 is 3.10. The van der Waals surface area contributed by atoms with Gasteiger partial charge in [-0.1, -0.05) is 17.7 Å². The smallest absolute Gasteiger partial charge is 0.170 e. The van der Waals surface area contributed by atoms with Crippen LogP contribution in [-0.4, -0.2) is 21.4 Å². The van der Waals surface area contributed by atoms with Crippen LogP contribution in [0.2, 0.25) is 5.02 Å². The third-order valence-corrected chi connectivity index (χ3v) is 5.20. The number of aryl methyl sites for hydroxylation is 3. The Balaban J connectivity index is 1.79. The van der Waals surface area contributed by atoms with Gasteiger partial charge in [0.1, 0.15) is 0 Å². The van der Waals surface area contributed by atoms with Crippen LogP contribution in [0.15, 0.2) is 22.7 Å². The van der Waals surface area contributed by atoms with Crippen LogP contribution >= 0.6 is 39.7 Å². The number of anilines is 1. The summed E-state index contributed by atoms with van der Waals surface area (Å²) in [6, 6.07) is 5.71. The van der Waals surface area contributed by atoms with Crippen LogP contribution in [0.25, 0.3) is 0 Å². The lowest BCUT2D eigenvalue weighted by Gasteiger charge is -2.13. The van der Waals surface area contributed by atoms with E-state index in [1.54, 1.807) is 0 Å². The molecule has 0 spiro atoms. The minimum atomic E-state index is 0.602. The first-order chi connectivity index (χ1) is 10.9. The molecule has 124 valence electrons. The van der Waals surface area contributed by atoms with E-state index in [2.05, 4.69) is 38.6 Å². The maximum atomic E-state index is 6.01. The lowest BCUT2D eigenvalue weighted by molar-refractivity contribution is 0.558. The van der Waals surface area contributed by atoms with Crippen molar-refractivity contribution < 1.29 is 0 Å². The second-order valence-electron chi connectivity index (χ2n) is 5.40. The molecule has 0 radical (unpaired) electrons. The number of benzene rings is 1. The Kier molecular flexibility index (Phi) is 6.44. The van der Waals surface area contributed by atoms with E-state index in [0.717, 1.165) is 46.6 Å². The third kappa shape index (κ3) is 4.93. The Bertz CT molecular complexity index is 714. The lowest BCUT2D eigenvalue weighted by atomic mass is 10.2. The van der Waals surface area contributed by atoms with Gasteiger partial charge in [0.2, 0.25) is 0 Å². The zero-order valence-electron chi connectivity index (χ0n) is 13.4. The van der Waals surface area contributed by atoms with Gasteiger partial charge in [-0.15, -0.1) is 0 Å². The number of nitrogens with zero attached hydrogens (tertiary/aromatic N) is 2. The number of hydrogen-bond donors (Lipinski definition) is 2. The molecule has 1 aromatic carbocycles. The molecule has 0 amide bonds. The normalized spacial score (nSPS) is 10.7. The molecule has 2 aromatic rings. The molecule has 0 aliphatic rings. The van der Waals surface area contributed by atoms with Gasteiger partial charge in [0.15, 0.2) is 5.11 Å². The highest BCUT2D eigenvalue weighted by Gasteiger charge is 2.08. The summed E-state index contributed by atoms with van der Waals surface area (Å²) in [4.78, 5) is 0. The molecule has 0 fully saturated rings. The quantitative estimate of drug-likeness (QED) is 0.553. The van der Waals surface area contributed by atoms with Crippen molar-refractivity contribution in [3.05, 3.63) is 44.6 Å². The molecule has 4 nitrogen and oxygen atoms in total. The van der Waals surface area contributed by atoms with Crippen molar-refractivity contribution in [2.75, 3.05) is 11.9 Å². The Labute approximate surface area is 155 Å². The van der Waals surface area contributed by atoms with E-state index in [1.165, 1.54) is 0 Å². The van der Waals surface area contributed by atoms with Crippen molar-refractivity contribution in [2.45, 2.75) is 33.7 Å². The first-order valence-electron chi connectivity index (χ1n) is 7.39. The zero-order valence-corrected chi connectivity index (χ0v) is 16.6. The lowest BCUT2D eigenvalue weighted by Crippen LogP contribution is -2.30. The van der Waals surface area contributed by atoms with Crippen LogP contribution in [0, 0.1) is 20.8 Å². The first kappa shape index (κ1) is 18.2. The second-order valence-corrected chi connectivity index (χ2v) is 7.04. The van der Waals surface area contributed by atoms with Crippen molar-refractivity contribution in [1.29, 1.82) is 0 Å². The Hall–Kier alpha value is -1.11. The molecule has 0 saturated carbocycles. The van der Waals surface area contributed by atoms with Crippen molar-refractivity contribution in [1.82, 2.24) is 15.1 Å². The van der Waals surface area contributed by atoms with Crippen LogP contribution in [0.5, 0.6) is 0 Å². The maximum absolute atomic E-state index is 6.01. The highest BCUT2D eigenvalue weighted by atomic mass is 79.9. The molecule has 23 heavy (non-hydrogen) atoms. The monoisotopic (exact) mass is 414 g/mol. The van der Waals surface area contributed by atoms with Crippen LogP contribution in [0.4, 0.5) is 5.69 Å². The number of thiocarbonyl (C=S) groups is 1. The van der Waals surface area contributed by atoms with Crippen LogP contribution < -0.4 is 10.6 Å². The third-order valence-electron chi connectivity index (χ3n) is 3.57. The van der Waals surface area contributed by atoms with Gasteiger partial charge in [-0.2, -0.15) is 5.10 Å². The van der Waals surface area contributed by atoms with Gasteiger partial charge in [-0.25, -0.2) is 0 Å². The predicted octanol–water partition coefficient (Wildman–Crippen LogP) is 4.60. The van der Waals surface area contributed by atoms with Gasteiger partial charge in [-0.3, -0.25) is 4.68 Å². The molecule has 2 N–H and O–H groups in total. The number of aromatic nitrogens is 2. The molecule has 0 saturated heterocycles. The molecule has 0 atom stereocenters. The number of rotatable bonds is 5.